The highest BCUT2D eigenvalue weighted by atomic mass is 16.5. The maximum atomic E-state index is 12.3. The molecule has 0 aliphatic carbocycles. The molecule has 0 radical (unpaired) electrons. The third-order valence-corrected chi connectivity index (χ3v) is 3.40. The van der Waals surface area contributed by atoms with Crippen molar-refractivity contribution in [3.8, 4) is 11.5 Å². The molecule has 0 aliphatic heterocycles. The molecule has 1 amide bonds. The average molecular weight is 306 g/mol. The van der Waals surface area contributed by atoms with E-state index in [1.165, 1.54) is 18.8 Å². The highest BCUT2D eigenvalue weighted by Gasteiger charge is 2.14. The minimum Gasteiger partial charge on any atom is -0.493 e. The summed E-state index contributed by atoms with van der Waals surface area (Å²) in [7, 11) is 4.69. The van der Waals surface area contributed by atoms with Crippen LogP contribution in [-0.2, 0) is 18.3 Å². The van der Waals surface area contributed by atoms with Gasteiger partial charge in [-0.3, -0.25) is 15.0 Å². The molecule has 0 bridgehead atoms. The summed E-state index contributed by atoms with van der Waals surface area (Å²) in [5.41, 5.74) is 3.27. The Bertz CT molecular complexity index is 770. The van der Waals surface area contributed by atoms with E-state index in [9.17, 15) is 9.59 Å². The van der Waals surface area contributed by atoms with Crippen molar-refractivity contribution in [2.24, 2.45) is 12.9 Å². The summed E-state index contributed by atoms with van der Waals surface area (Å²) in [4.78, 5) is 27.9. The minimum atomic E-state index is -0.351. The molecule has 0 aliphatic rings. The number of carbonyl (C=O) groups excluding carboxylic acids is 1. The highest BCUT2D eigenvalue weighted by Crippen LogP contribution is 2.30. The number of hydrazine groups is 1. The van der Waals surface area contributed by atoms with Crippen molar-refractivity contribution in [1.82, 2.24) is 15.0 Å². The summed E-state index contributed by atoms with van der Waals surface area (Å²) in [6.45, 7) is 0. The predicted octanol–water partition coefficient (Wildman–Crippen LogP) is -0.127. The van der Waals surface area contributed by atoms with E-state index in [1.807, 2.05) is 5.43 Å². The molecule has 0 unspecified atom stereocenters. The number of methoxy groups -OCH3 is 2. The molecular weight excluding hydrogens is 288 g/mol. The van der Waals surface area contributed by atoms with Crippen molar-refractivity contribution in [2.45, 2.75) is 12.8 Å². The number of hydrogen-bond donors (Lipinski definition) is 2. The molecule has 2 rings (SSSR count). The van der Waals surface area contributed by atoms with Gasteiger partial charge in [-0.15, -0.1) is 0 Å². The predicted molar refractivity (Wildman–Crippen MR) is 80.7 cm³/mol. The van der Waals surface area contributed by atoms with E-state index in [2.05, 4.69) is 4.98 Å². The number of aryl methyl sites for hydroxylation is 2. The lowest BCUT2D eigenvalue weighted by atomic mass is 10.2. The second-order valence-electron chi connectivity index (χ2n) is 4.69. The number of aromatic nitrogens is 2. The monoisotopic (exact) mass is 306 g/mol. The van der Waals surface area contributed by atoms with Crippen molar-refractivity contribution in [3.05, 3.63) is 28.2 Å². The fraction of sp³-hybridized carbons (Fsp3) is 0.357. The van der Waals surface area contributed by atoms with E-state index in [0.29, 0.717) is 28.2 Å². The molecule has 8 heteroatoms. The number of amides is 1. The molecule has 1 heterocycles. The number of carbonyl (C=O) groups is 1. The minimum absolute atomic E-state index is 0.0948. The SMILES string of the molecule is COc1cc2nc(CCC(=O)NN)c(=O)n(C)c2cc1OC. The average Bonchev–Trinajstić information content (AvgIpc) is 2.55. The van der Waals surface area contributed by atoms with Gasteiger partial charge in [0.2, 0.25) is 5.91 Å². The van der Waals surface area contributed by atoms with Crippen molar-refractivity contribution in [1.29, 1.82) is 0 Å². The number of nitrogens with two attached hydrogens (primary N) is 1. The Morgan fingerprint density at radius 2 is 1.95 bits per heavy atom. The Kier molecular flexibility index (Phi) is 4.62. The van der Waals surface area contributed by atoms with Crippen molar-refractivity contribution in [3.63, 3.8) is 0 Å². The van der Waals surface area contributed by atoms with Crippen LogP contribution in [0.1, 0.15) is 12.1 Å². The first-order valence-electron chi connectivity index (χ1n) is 6.63. The van der Waals surface area contributed by atoms with Gasteiger partial charge in [-0.1, -0.05) is 0 Å². The number of benzene rings is 1. The standard InChI is InChI=1S/C14H18N4O4/c1-18-10-7-12(22-3)11(21-2)6-9(10)16-8(14(18)20)4-5-13(19)17-15/h6-7H,4-5,15H2,1-3H3,(H,17,19). The Morgan fingerprint density at radius 3 is 2.55 bits per heavy atom. The zero-order valence-corrected chi connectivity index (χ0v) is 12.7. The number of ether oxygens (including phenoxy) is 2. The van der Waals surface area contributed by atoms with Crippen LogP contribution in [0.4, 0.5) is 0 Å². The summed E-state index contributed by atoms with van der Waals surface area (Å²) >= 11 is 0. The van der Waals surface area contributed by atoms with E-state index < -0.39 is 0 Å². The van der Waals surface area contributed by atoms with Gasteiger partial charge < -0.3 is 14.0 Å². The molecule has 0 fully saturated rings. The molecular formula is C14H18N4O4. The molecule has 8 nitrogen and oxygen atoms in total. The van der Waals surface area contributed by atoms with Crippen LogP contribution in [-0.4, -0.2) is 29.7 Å². The Hall–Kier alpha value is -2.61. The highest BCUT2D eigenvalue weighted by molar-refractivity contribution is 5.80. The fourth-order valence-electron chi connectivity index (χ4n) is 2.18. The molecule has 0 saturated heterocycles. The van der Waals surface area contributed by atoms with Gasteiger partial charge in [0, 0.05) is 32.0 Å². The zero-order chi connectivity index (χ0) is 16.3. The van der Waals surface area contributed by atoms with Crippen LogP contribution in [0.2, 0.25) is 0 Å². The number of nitrogens with one attached hydrogen (secondary N) is 1. The van der Waals surface area contributed by atoms with Gasteiger partial charge in [0.25, 0.3) is 5.56 Å². The van der Waals surface area contributed by atoms with Crippen LogP contribution in [0.3, 0.4) is 0 Å². The summed E-state index contributed by atoms with van der Waals surface area (Å²) in [5.74, 6) is 5.72. The number of hydrogen-bond acceptors (Lipinski definition) is 6. The molecule has 1 aromatic carbocycles. The van der Waals surface area contributed by atoms with Crippen LogP contribution < -0.4 is 26.3 Å². The Balaban J connectivity index is 2.55. The van der Waals surface area contributed by atoms with Gasteiger partial charge in [0.05, 0.1) is 25.3 Å². The molecule has 0 saturated carbocycles. The van der Waals surface area contributed by atoms with Crippen LogP contribution in [0.25, 0.3) is 11.0 Å². The summed E-state index contributed by atoms with van der Waals surface area (Å²) in [6.07, 6.45) is 0.303. The van der Waals surface area contributed by atoms with E-state index >= 15 is 0 Å². The lowest BCUT2D eigenvalue weighted by Gasteiger charge is -2.12. The largest absolute Gasteiger partial charge is 0.493 e. The summed E-state index contributed by atoms with van der Waals surface area (Å²) in [6, 6.07) is 3.39. The second-order valence-corrected chi connectivity index (χ2v) is 4.69. The van der Waals surface area contributed by atoms with E-state index in [-0.39, 0.29) is 24.3 Å². The zero-order valence-electron chi connectivity index (χ0n) is 12.7. The quantitative estimate of drug-likeness (QED) is 0.453. The van der Waals surface area contributed by atoms with Crippen molar-refractivity contribution < 1.29 is 14.3 Å². The van der Waals surface area contributed by atoms with Gasteiger partial charge in [-0.2, -0.15) is 0 Å². The third kappa shape index (κ3) is 2.86. The Morgan fingerprint density at radius 1 is 1.32 bits per heavy atom. The van der Waals surface area contributed by atoms with Crippen LogP contribution in [0.5, 0.6) is 11.5 Å². The van der Waals surface area contributed by atoms with Crippen molar-refractivity contribution in [2.75, 3.05) is 14.2 Å². The molecule has 3 N–H and O–H groups in total. The van der Waals surface area contributed by atoms with E-state index in [4.69, 9.17) is 15.3 Å². The van der Waals surface area contributed by atoms with Crippen LogP contribution in [0.15, 0.2) is 16.9 Å². The second kappa shape index (κ2) is 6.44. The third-order valence-electron chi connectivity index (χ3n) is 3.40. The topological polar surface area (TPSA) is 108 Å². The summed E-state index contributed by atoms with van der Waals surface area (Å²) < 4.78 is 11.9. The lowest BCUT2D eigenvalue weighted by Crippen LogP contribution is -2.31. The molecule has 0 spiro atoms. The lowest BCUT2D eigenvalue weighted by molar-refractivity contribution is -0.121. The van der Waals surface area contributed by atoms with Gasteiger partial charge >= 0.3 is 0 Å². The van der Waals surface area contributed by atoms with Crippen molar-refractivity contribution >= 4 is 16.9 Å². The van der Waals surface area contributed by atoms with E-state index in [1.54, 1.807) is 19.2 Å². The Labute approximate surface area is 126 Å². The number of fused-ring (bicyclic) bond motifs is 1. The summed E-state index contributed by atoms with van der Waals surface area (Å²) in [5, 5.41) is 0. The maximum absolute atomic E-state index is 12.3. The maximum Gasteiger partial charge on any atom is 0.272 e. The number of rotatable bonds is 5. The first-order valence-corrected chi connectivity index (χ1v) is 6.63. The van der Waals surface area contributed by atoms with Gasteiger partial charge in [0.1, 0.15) is 5.69 Å². The van der Waals surface area contributed by atoms with E-state index in [0.717, 1.165) is 0 Å². The molecule has 2 aromatic rings. The van der Waals surface area contributed by atoms with Gasteiger partial charge in [-0.25, -0.2) is 10.8 Å². The fourth-order valence-corrected chi connectivity index (χ4v) is 2.18. The molecule has 22 heavy (non-hydrogen) atoms. The molecule has 1 aromatic heterocycles. The number of nitrogens with zero attached hydrogens (tertiary/aromatic N) is 2. The first-order chi connectivity index (χ1) is 10.5. The normalized spacial score (nSPS) is 10.5. The van der Waals surface area contributed by atoms with Gasteiger partial charge in [-0.05, 0) is 0 Å². The smallest absolute Gasteiger partial charge is 0.272 e. The van der Waals surface area contributed by atoms with Crippen LogP contribution in [0, 0.1) is 0 Å². The molecule has 0 atom stereocenters. The van der Waals surface area contributed by atoms with Crippen LogP contribution >= 0.6 is 0 Å². The molecule has 118 valence electrons. The first kappa shape index (κ1) is 15.8. The van der Waals surface area contributed by atoms with Gasteiger partial charge in [0.15, 0.2) is 11.5 Å².